The highest BCUT2D eigenvalue weighted by atomic mass is 16.6. The van der Waals surface area contributed by atoms with E-state index in [0.29, 0.717) is 11.3 Å². The second-order valence-electron chi connectivity index (χ2n) is 5.35. The zero-order chi connectivity index (χ0) is 18.0. The molecular weight excluding hydrogens is 316 g/mol. The zero-order valence-electron chi connectivity index (χ0n) is 13.6. The molecule has 1 aromatic heterocycles. The molecule has 1 heterocycles. The maximum Gasteiger partial charge on any atom is 0.332 e. The van der Waals surface area contributed by atoms with Crippen molar-refractivity contribution in [3.8, 4) is 5.75 Å². The minimum atomic E-state index is -0.878. The summed E-state index contributed by atoms with van der Waals surface area (Å²) in [4.78, 5) is 35.0. The number of aromatic nitrogens is 2. The molecule has 0 unspecified atom stereocenters. The lowest BCUT2D eigenvalue weighted by Crippen LogP contribution is -2.42. The van der Waals surface area contributed by atoms with E-state index in [0.717, 1.165) is 9.13 Å². The Hall–Kier alpha value is -3.10. The number of benzene rings is 1. The van der Waals surface area contributed by atoms with E-state index in [1.54, 1.807) is 24.3 Å². The molecule has 1 atom stereocenters. The second-order valence-corrected chi connectivity index (χ2v) is 5.35. The average Bonchev–Trinajstić information content (AvgIpc) is 2.57. The normalized spacial score (nSPS) is 12.0. The summed E-state index contributed by atoms with van der Waals surface area (Å²) < 4.78 is 7.06. The van der Waals surface area contributed by atoms with Crippen molar-refractivity contribution in [2.45, 2.75) is 5.92 Å². The maximum absolute atomic E-state index is 12.5. The molecule has 128 valence electrons. The molecule has 0 spiro atoms. The number of methoxy groups -OCH3 is 1. The van der Waals surface area contributed by atoms with Gasteiger partial charge >= 0.3 is 5.69 Å². The van der Waals surface area contributed by atoms with E-state index in [9.17, 15) is 19.7 Å². The van der Waals surface area contributed by atoms with Crippen LogP contribution in [-0.2, 0) is 14.1 Å². The van der Waals surface area contributed by atoms with E-state index >= 15 is 0 Å². The van der Waals surface area contributed by atoms with Crippen molar-refractivity contribution in [1.82, 2.24) is 9.13 Å². The van der Waals surface area contributed by atoms with Gasteiger partial charge in [-0.2, -0.15) is 0 Å². The van der Waals surface area contributed by atoms with E-state index in [-0.39, 0.29) is 11.4 Å². The smallest absolute Gasteiger partial charge is 0.332 e. The molecule has 2 aromatic rings. The lowest BCUT2D eigenvalue weighted by molar-refractivity contribution is -0.481. The molecule has 2 rings (SSSR count). The first-order valence-corrected chi connectivity index (χ1v) is 7.09. The first-order chi connectivity index (χ1) is 11.3. The molecule has 2 N–H and O–H groups in total. The molecule has 0 saturated carbocycles. The van der Waals surface area contributed by atoms with Crippen molar-refractivity contribution < 1.29 is 9.66 Å². The highest BCUT2D eigenvalue weighted by molar-refractivity contribution is 5.46. The molecule has 0 radical (unpaired) electrons. The summed E-state index contributed by atoms with van der Waals surface area (Å²) in [6.07, 6.45) is 0. The first-order valence-electron chi connectivity index (χ1n) is 7.09. The third kappa shape index (κ3) is 3.00. The van der Waals surface area contributed by atoms with Crippen LogP contribution in [0, 0.1) is 10.1 Å². The Morgan fingerprint density at radius 1 is 1.21 bits per heavy atom. The number of rotatable bonds is 5. The van der Waals surface area contributed by atoms with Crippen LogP contribution in [0.15, 0.2) is 33.9 Å². The van der Waals surface area contributed by atoms with Crippen LogP contribution in [0.5, 0.6) is 5.75 Å². The molecule has 0 saturated heterocycles. The fourth-order valence-electron chi connectivity index (χ4n) is 2.56. The number of nitrogens with zero attached hydrogens (tertiary/aromatic N) is 3. The van der Waals surface area contributed by atoms with E-state index < -0.39 is 28.6 Å². The Morgan fingerprint density at radius 3 is 2.29 bits per heavy atom. The third-order valence-electron chi connectivity index (χ3n) is 3.94. The predicted molar refractivity (Wildman–Crippen MR) is 88.0 cm³/mol. The summed E-state index contributed by atoms with van der Waals surface area (Å²) >= 11 is 0. The summed E-state index contributed by atoms with van der Waals surface area (Å²) in [5, 5.41) is 11.1. The van der Waals surface area contributed by atoms with Gasteiger partial charge in [-0.15, -0.1) is 0 Å². The quantitative estimate of drug-likeness (QED) is 0.610. The molecule has 9 nitrogen and oxygen atoms in total. The standard InChI is InChI=1S/C15H18N4O5/c1-17-13(16)12(14(20)18(2)15(17)21)11(8-19(22)23)9-4-6-10(24-3)7-5-9/h4-7,11H,8,16H2,1-3H3/t11-/m0/s1. The lowest BCUT2D eigenvalue weighted by atomic mass is 9.92. The summed E-state index contributed by atoms with van der Waals surface area (Å²) in [6.45, 7) is -0.524. The average molecular weight is 334 g/mol. The van der Waals surface area contributed by atoms with Crippen molar-refractivity contribution in [2.24, 2.45) is 14.1 Å². The summed E-state index contributed by atoms with van der Waals surface area (Å²) in [5.41, 5.74) is 5.26. The monoisotopic (exact) mass is 334 g/mol. The molecule has 1 aromatic carbocycles. The predicted octanol–water partition coefficient (Wildman–Crippen LogP) is 0.0834. The molecule has 24 heavy (non-hydrogen) atoms. The Labute approximate surface area is 137 Å². The number of ether oxygens (including phenoxy) is 1. The van der Waals surface area contributed by atoms with Gasteiger partial charge in [0.1, 0.15) is 11.6 Å². The fourth-order valence-corrected chi connectivity index (χ4v) is 2.56. The van der Waals surface area contributed by atoms with Crippen molar-refractivity contribution in [1.29, 1.82) is 0 Å². The number of nitro groups is 1. The molecule has 0 aliphatic heterocycles. The van der Waals surface area contributed by atoms with Crippen LogP contribution in [0.4, 0.5) is 5.82 Å². The van der Waals surface area contributed by atoms with Gasteiger partial charge in [0.25, 0.3) is 5.56 Å². The van der Waals surface area contributed by atoms with Gasteiger partial charge in [0.15, 0.2) is 0 Å². The topological polar surface area (TPSA) is 122 Å². The van der Waals surface area contributed by atoms with Crippen molar-refractivity contribution in [2.75, 3.05) is 19.4 Å². The molecule has 9 heteroatoms. The van der Waals surface area contributed by atoms with Gasteiger partial charge in [-0.1, -0.05) is 12.1 Å². The highest BCUT2D eigenvalue weighted by Crippen LogP contribution is 2.27. The third-order valence-corrected chi connectivity index (χ3v) is 3.94. The number of nitrogens with two attached hydrogens (primary N) is 1. The van der Waals surface area contributed by atoms with Crippen LogP contribution in [0.2, 0.25) is 0 Å². The number of nitrogen functional groups attached to an aromatic ring is 1. The van der Waals surface area contributed by atoms with E-state index in [4.69, 9.17) is 10.5 Å². The highest BCUT2D eigenvalue weighted by Gasteiger charge is 2.28. The van der Waals surface area contributed by atoms with Gasteiger partial charge in [0, 0.05) is 19.0 Å². The minimum Gasteiger partial charge on any atom is -0.497 e. The van der Waals surface area contributed by atoms with Gasteiger partial charge in [0.05, 0.1) is 18.6 Å². The van der Waals surface area contributed by atoms with Crippen LogP contribution in [0.3, 0.4) is 0 Å². The van der Waals surface area contributed by atoms with Crippen molar-refractivity contribution >= 4 is 5.82 Å². The molecule has 0 fully saturated rings. The number of hydrogen-bond acceptors (Lipinski definition) is 6. The largest absolute Gasteiger partial charge is 0.497 e. The zero-order valence-corrected chi connectivity index (χ0v) is 13.6. The molecule has 0 aliphatic rings. The number of hydrogen-bond donors (Lipinski definition) is 1. The summed E-state index contributed by atoms with van der Waals surface area (Å²) in [7, 11) is 4.23. The van der Waals surface area contributed by atoms with Gasteiger partial charge < -0.3 is 10.5 Å². The second kappa shape index (κ2) is 6.57. The first kappa shape index (κ1) is 17.3. The Balaban J connectivity index is 2.71. The van der Waals surface area contributed by atoms with E-state index in [1.807, 2.05) is 0 Å². The van der Waals surface area contributed by atoms with Crippen LogP contribution in [0.1, 0.15) is 17.0 Å². The Kier molecular flexibility index (Phi) is 4.72. The van der Waals surface area contributed by atoms with Gasteiger partial charge in [-0.25, -0.2) is 4.79 Å². The van der Waals surface area contributed by atoms with Crippen molar-refractivity contribution in [3.05, 3.63) is 66.3 Å². The van der Waals surface area contributed by atoms with Gasteiger partial charge in [-0.3, -0.25) is 24.0 Å². The fraction of sp³-hybridized carbons (Fsp3) is 0.333. The van der Waals surface area contributed by atoms with Crippen LogP contribution in [0.25, 0.3) is 0 Å². The maximum atomic E-state index is 12.5. The Bertz CT molecular complexity index is 882. The van der Waals surface area contributed by atoms with E-state index in [2.05, 4.69) is 0 Å². The molecule has 0 bridgehead atoms. The van der Waals surface area contributed by atoms with Crippen molar-refractivity contribution in [3.63, 3.8) is 0 Å². The Morgan fingerprint density at radius 2 is 1.79 bits per heavy atom. The number of anilines is 1. The van der Waals surface area contributed by atoms with Crippen LogP contribution in [-0.4, -0.2) is 27.7 Å². The van der Waals surface area contributed by atoms with Gasteiger partial charge in [-0.05, 0) is 17.7 Å². The molecular formula is C15H18N4O5. The lowest BCUT2D eigenvalue weighted by Gasteiger charge is -2.18. The van der Waals surface area contributed by atoms with Gasteiger partial charge in [0.2, 0.25) is 6.54 Å². The molecule has 0 amide bonds. The summed E-state index contributed by atoms with van der Waals surface area (Å²) in [5.74, 6) is -0.373. The van der Waals surface area contributed by atoms with Crippen LogP contribution < -0.4 is 21.7 Å². The van der Waals surface area contributed by atoms with E-state index in [1.165, 1.54) is 21.2 Å². The molecule has 0 aliphatic carbocycles. The SMILES string of the molecule is COc1ccc([C@H](C[N+](=O)[O-])c2c(N)n(C)c(=O)n(C)c2=O)cc1. The minimum absolute atomic E-state index is 0.0291. The van der Waals surface area contributed by atoms with Crippen LogP contribution >= 0.6 is 0 Å². The summed E-state index contributed by atoms with van der Waals surface area (Å²) in [6, 6.07) is 6.56.